The van der Waals surface area contributed by atoms with Crippen molar-refractivity contribution < 1.29 is 9.90 Å². The largest absolute Gasteiger partial charge is 0.512 e. The summed E-state index contributed by atoms with van der Waals surface area (Å²) < 4.78 is 0. The lowest BCUT2D eigenvalue weighted by Crippen LogP contribution is -2.22. The maximum Gasteiger partial charge on any atom is 0.165 e. The van der Waals surface area contributed by atoms with Gasteiger partial charge in [0.1, 0.15) is 0 Å². The monoisotopic (exact) mass is 210 g/mol. The summed E-state index contributed by atoms with van der Waals surface area (Å²) in [4.78, 5) is 11.8. The molecule has 0 saturated heterocycles. The lowest BCUT2D eigenvalue weighted by Gasteiger charge is -2.26. The minimum atomic E-state index is 0.00391. The number of carbonyl (C=O) groups excluding carboxylic acids is 1. The fourth-order valence-corrected chi connectivity index (χ4v) is 2.44. The van der Waals surface area contributed by atoms with Crippen molar-refractivity contribution in [1.82, 2.24) is 0 Å². The standard InChI is InChI=1S/C13H22O2/c1-8(7-13(3,4)5)10-6-11(14)9(2)12(10)15/h8,10,14H,6-7H2,1-5H3. The van der Waals surface area contributed by atoms with Crippen molar-refractivity contribution in [3.63, 3.8) is 0 Å². The fraction of sp³-hybridized carbons (Fsp3) is 0.769. The molecule has 86 valence electrons. The summed E-state index contributed by atoms with van der Waals surface area (Å²) in [5, 5.41) is 9.54. The van der Waals surface area contributed by atoms with E-state index >= 15 is 0 Å². The van der Waals surface area contributed by atoms with Crippen molar-refractivity contribution in [2.45, 2.75) is 47.5 Å². The Hall–Kier alpha value is -0.790. The molecule has 2 heteroatoms. The molecule has 1 aliphatic rings. The molecule has 1 N–H and O–H groups in total. The molecule has 0 fully saturated rings. The Morgan fingerprint density at radius 3 is 2.33 bits per heavy atom. The Bertz CT molecular complexity index is 294. The topological polar surface area (TPSA) is 37.3 Å². The molecule has 0 saturated carbocycles. The SMILES string of the molecule is CC1=C(O)CC(C(C)CC(C)(C)C)C1=O. The summed E-state index contributed by atoms with van der Waals surface area (Å²) in [6, 6.07) is 0. The Balaban J connectivity index is 2.66. The van der Waals surface area contributed by atoms with Crippen molar-refractivity contribution in [3.05, 3.63) is 11.3 Å². The highest BCUT2D eigenvalue weighted by Crippen LogP contribution is 2.37. The number of carbonyl (C=O) groups is 1. The summed E-state index contributed by atoms with van der Waals surface area (Å²) >= 11 is 0. The summed E-state index contributed by atoms with van der Waals surface area (Å²) in [5.74, 6) is 0.788. The van der Waals surface area contributed by atoms with Crippen LogP contribution in [0.1, 0.15) is 47.5 Å². The van der Waals surface area contributed by atoms with E-state index < -0.39 is 0 Å². The molecule has 2 nitrogen and oxygen atoms in total. The first kappa shape index (κ1) is 12.3. The molecule has 0 heterocycles. The lowest BCUT2D eigenvalue weighted by molar-refractivity contribution is -0.119. The van der Waals surface area contributed by atoms with Crippen LogP contribution >= 0.6 is 0 Å². The van der Waals surface area contributed by atoms with Gasteiger partial charge in [-0.2, -0.15) is 0 Å². The zero-order valence-corrected chi connectivity index (χ0v) is 10.4. The first-order valence-electron chi connectivity index (χ1n) is 5.65. The highest BCUT2D eigenvalue weighted by Gasteiger charge is 2.35. The zero-order valence-electron chi connectivity index (χ0n) is 10.4. The molecule has 0 aromatic heterocycles. The second-order valence-electron chi connectivity index (χ2n) is 5.99. The summed E-state index contributed by atoms with van der Waals surface area (Å²) in [6.07, 6.45) is 1.56. The minimum absolute atomic E-state index is 0.00391. The number of rotatable bonds is 2. The van der Waals surface area contributed by atoms with Gasteiger partial charge in [0.2, 0.25) is 0 Å². The third-order valence-corrected chi connectivity index (χ3v) is 3.17. The second kappa shape index (κ2) is 3.99. The molecule has 0 spiro atoms. The Morgan fingerprint density at radius 2 is 2.00 bits per heavy atom. The quantitative estimate of drug-likeness (QED) is 0.757. The molecular weight excluding hydrogens is 188 g/mol. The van der Waals surface area contributed by atoms with Gasteiger partial charge in [0.05, 0.1) is 5.76 Å². The molecule has 0 aromatic rings. The number of ketones is 1. The predicted molar refractivity (Wildman–Crippen MR) is 61.7 cm³/mol. The van der Waals surface area contributed by atoms with Crippen LogP contribution in [-0.2, 0) is 4.79 Å². The molecule has 0 aromatic carbocycles. The van der Waals surface area contributed by atoms with Gasteiger partial charge in [-0.1, -0.05) is 27.7 Å². The van der Waals surface area contributed by atoms with Crippen LogP contribution in [0, 0.1) is 17.3 Å². The van der Waals surface area contributed by atoms with E-state index in [1.807, 2.05) is 0 Å². The van der Waals surface area contributed by atoms with E-state index in [1.165, 1.54) is 0 Å². The van der Waals surface area contributed by atoms with Gasteiger partial charge >= 0.3 is 0 Å². The number of aliphatic hydroxyl groups excluding tert-OH is 1. The molecule has 0 radical (unpaired) electrons. The van der Waals surface area contributed by atoms with Gasteiger partial charge in [-0.15, -0.1) is 0 Å². The van der Waals surface area contributed by atoms with Crippen LogP contribution in [0.5, 0.6) is 0 Å². The second-order valence-corrected chi connectivity index (χ2v) is 5.99. The van der Waals surface area contributed by atoms with Crippen molar-refractivity contribution in [1.29, 1.82) is 0 Å². The van der Waals surface area contributed by atoms with Crippen molar-refractivity contribution in [2.24, 2.45) is 17.3 Å². The molecule has 0 aliphatic heterocycles. The number of Topliss-reactive ketones (excluding diaryl/α,β-unsaturated/α-hetero) is 1. The molecule has 1 rings (SSSR count). The van der Waals surface area contributed by atoms with Gasteiger partial charge in [-0.05, 0) is 24.7 Å². The Kier molecular flexibility index (Phi) is 3.27. The van der Waals surface area contributed by atoms with Gasteiger partial charge in [0.25, 0.3) is 0 Å². The van der Waals surface area contributed by atoms with Crippen molar-refractivity contribution in [2.75, 3.05) is 0 Å². The van der Waals surface area contributed by atoms with E-state index in [2.05, 4.69) is 27.7 Å². The van der Waals surface area contributed by atoms with Crippen molar-refractivity contribution in [3.8, 4) is 0 Å². The molecule has 15 heavy (non-hydrogen) atoms. The van der Waals surface area contributed by atoms with Crippen LogP contribution in [0.2, 0.25) is 0 Å². The van der Waals surface area contributed by atoms with E-state index in [0.29, 0.717) is 23.7 Å². The first-order valence-corrected chi connectivity index (χ1v) is 5.65. The van der Waals surface area contributed by atoms with Crippen LogP contribution in [0.3, 0.4) is 0 Å². The summed E-state index contributed by atoms with van der Waals surface area (Å²) in [6.45, 7) is 10.4. The normalized spacial score (nSPS) is 24.9. The zero-order chi connectivity index (χ0) is 11.8. The van der Waals surface area contributed by atoms with E-state index in [1.54, 1.807) is 6.92 Å². The molecule has 2 atom stereocenters. The maximum absolute atomic E-state index is 11.8. The third kappa shape index (κ3) is 2.83. The highest BCUT2D eigenvalue weighted by atomic mass is 16.3. The smallest absolute Gasteiger partial charge is 0.165 e. The van der Waals surface area contributed by atoms with Crippen LogP contribution in [0.25, 0.3) is 0 Å². The molecular formula is C13H22O2. The average Bonchev–Trinajstić information content (AvgIpc) is 2.30. The first-order chi connectivity index (χ1) is 6.72. The van der Waals surface area contributed by atoms with E-state index in [0.717, 1.165) is 6.42 Å². The highest BCUT2D eigenvalue weighted by molar-refractivity contribution is 5.99. The number of aliphatic hydroxyl groups is 1. The van der Waals surface area contributed by atoms with Crippen LogP contribution < -0.4 is 0 Å². The molecule has 0 bridgehead atoms. The maximum atomic E-state index is 11.8. The van der Waals surface area contributed by atoms with Crippen LogP contribution in [-0.4, -0.2) is 10.9 Å². The van der Waals surface area contributed by atoms with E-state index in [9.17, 15) is 9.90 Å². The molecule has 1 aliphatic carbocycles. The predicted octanol–water partition coefficient (Wildman–Crippen LogP) is 3.48. The van der Waals surface area contributed by atoms with Gasteiger partial charge < -0.3 is 5.11 Å². The molecule has 0 amide bonds. The van der Waals surface area contributed by atoms with Crippen LogP contribution in [0.4, 0.5) is 0 Å². The van der Waals surface area contributed by atoms with Gasteiger partial charge in [0.15, 0.2) is 5.78 Å². The van der Waals surface area contributed by atoms with Gasteiger partial charge in [0, 0.05) is 17.9 Å². The van der Waals surface area contributed by atoms with Gasteiger partial charge in [-0.3, -0.25) is 4.79 Å². The lowest BCUT2D eigenvalue weighted by atomic mass is 9.78. The number of hydrogen-bond donors (Lipinski definition) is 1. The Labute approximate surface area is 92.4 Å². The number of hydrogen-bond acceptors (Lipinski definition) is 2. The number of allylic oxidation sites excluding steroid dienone is 2. The van der Waals surface area contributed by atoms with E-state index in [4.69, 9.17) is 0 Å². The van der Waals surface area contributed by atoms with E-state index in [-0.39, 0.29) is 17.1 Å². The van der Waals surface area contributed by atoms with Crippen LogP contribution in [0.15, 0.2) is 11.3 Å². The van der Waals surface area contributed by atoms with Gasteiger partial charge in [-0.25, -0.2) is 0 Å². The average molecular weight is 210 g/mol. The third-order valence-electron chi connectivity index (χ3n) is 3.17. The van der Waals surface area contributed by atoms with Crippen molar-refractivity contribution >= 4 is 5.78 Å². The summed E-state index contributed by atoms with van der Waals surface area (Å²) in [7, 11) is 0. The summed E-state index contributed by atoms with van der Waals surface area (Å²) in [5.41, 5.74) is 0.812. The molecule has 2 unspecified atom stereocenters. The Morgan fingerprint density at radius 1 is 1.47 bits per heavy atom. The minimum Gasteiger partial charge on any atom is -0.512 e. The fourth-order valence-electron chi connectivity index (χ4n) is 2.44.